The molecule has 0 aliphatic rings. The highest BCUT2D eigenvalue weighted by molar-refractivity contribution is 5.88. The largest absolute Gasteiger partial charge is 0.334 e. The Morgan fingerprint density at radius 2 is 1.05 bits per heavy atom. The topological polar surface area (TPSA) is 40.6 Å². The molecule has 0 bridgehead atoms. The highest BCUT2D eigenvalue weighted by Gasteiger charge is 2.26. The van der Waals surface area contributed by atoms with E-state index in [1.54, 1.807) is 0 Å². The normalized spacial score (nSPS) is 11.7. The lowest BCUT2D eigenvalue weighted by atomic mass is 10.0. The molecule has 0 fully saturated rings. The van der Waals surface area contributed by atoms with Crippen LogP contribution in [0, 0.1) is 0 Å². The van der Waals surface area contributed by atoms with Gasteiger partial charge in [0.05, 0.1) is 0 Å². The zero-order valence-corrected chi connectivity index (χ0v) is 15.1. The molecule has 126 valence electrons. The number of unbranched alkanes of at least 4 members (excludes halogenated alkanes) is 1. The minimum atomic E-state index is -0.230. The van der Waals surface area contributed by atoms with Gasteiger partial charge in [-0.1, -0.05) is 13.2 Å². The van der Waals surface area contributed by atoms with Crippen LogP contribution in [0.5, 0.6) is 0 Å². The van der Waals surface area contributed by atoms with Gasteiger partial charge in [-0.3, -0.25) is 9.59 Å². The first-order valence-corrected chi connectivity index (χ1v) is 7.83. The predicted octanol–water partition coefficient (Wildman–Crippen LogP) is 3.39. The average Bonchev–Trinajstić information content (AvgIpc) is 2.38. The first kappa shape index (κ1) is 20.4. The highest BCUT2D eigenvalue weighted by Crippen LogP contribution is 2.17. The standard InChI is InChI=1S/C18H32N2O2/c1-9-15(21)19(17(3,4)5)13-11-12-14-20(16(22)10-2)18(6,7)8/h9-10H,1-2,11-14H2,3-8H3. The summed E-state index contributed by atoms with van der Waals surface area (Å²) < 4.78 is 0. The van der Waals surface area contributed by atoms with Crippen molar-refractivity contribution in [2.75, 3.05) is 13.1 Å². The van der Waals surface area contributed by atoms with Gasteiger partial charge in [-0.05, 0) is 66.5 Å². The Balaban J connectivity index is 4.61. The van der Waals surface area contributed by atoms with Crippen molar-refractivity contribution in [3.8, 4) is 0 Å². The molecule has 0 rings (SSSR count). The maximum Gasteiger partial charge on any atom is 0.246 e. The molecule has 2 amide bonds. The molecular weight excluding hydrogens is 276 g/mol. The lowest BCUT2D eigenvalue weighted by Gasteiger charge is -2.37. The SMILES string of the molecule is C=CC(=O)N(CCCCN(C(=O)C=C)C(C)(C)C)C(C)(C)C. The monoisotopic (exact) mass is 308 g/mol. The lowest BCUT2D eigenvalue weighted by molar-refractivity contribution is -0.132. The van der Waals surface area contributed by atoms with E-state index in [1.165, 1.54) is 12.2 Å². The van der Waals surface area contributed by atoms with Gasteiger partial charge in [-0.2, -0.15) is 0 Å². The van der Waals surface area contributed by atoms with Crippen molar-refractivity contribution in [2.24, 2.45) is 0 Å². The fourth-order valence-corrected chi connectivity index (χ4v) is 2.31. The Hall–Kier alpha value is -1.58. The third kappa shape index (κ3) is 6.46. The molecule has 0 saturated carbocycles. The van der Waals surface area contributed by atoms with Gasteiger partial charge in [-0.15, -0.1) is 0 Å². The molecule has 0 saturated heterocycles. The molecule has 4 heteroatoms. The van der Waals surface area contributed by atoms with Crippen LogP contribution in [0.1, 0.15) is 54.4 Å². The first-order chi connectivity index (χ1) is 9.95. The molecule has 0 heterocycles. The molecule has 0 aliphatic heterocycles. The number of carbonyl (C=O) groups excluding carboxylic acids is 2. The minimum absolute atomic E-state index is 0.0534. The molecule has 0 unspecified atom stereocenters. The van der Waals surface area contributed by atoms with Crippen LogP contribution < -0.4 is 0 Å². The van der Waals surface area contributed by atoms with Gasteiger partial charge in [0.15, 0.2) is 0 Å². The number of nitrogens with zero attached hydrogens (tertiary/aromatic N) is 2. The van der Waals surface area contributed by atoms with Crippen LogP contribution >= 0.6 is 0 Å². The summed E-state index contributed by atoms with van der Waals surface area (Å²) in [5.41, 5.74) is -0.460. The van der Waals surface area contributed by atoms with E-state index in [1.807, 2.05) is 51.3 Å². The highest BCUT2D eigenvalue weighted by atomic mass is 16.2. The van der Waals surface area contributed by atoms with E-state index < -0.39 is 0 Å². The van der Waals surface area contributed by atoms with Crippen molar-refractivity contribution in [3.05, 3.63) is 25.3 Å². The quantitative estimate of drug-likeness (QED) is 0.534. The zero-order valence-electron chi connectivity index (χ0n) is 15.1. The van der Waals surface area contributed by atoms with Gasteiger partial charge in [0.1, 0.15) is 0 Å². The summed E-state index contributed by atoms with van der Waals surface area (Å²) in [4.78, 5) is 27.5. The van der Waals surface area contributed by atoms with E-state index in [0.29, 0.717) is 13.1 Å². The third-order valence-electron chi connectivity index (χ3n) is 3.51. The summed E-state index contributed by atoms with van der Waals surface area (Å²) in [7, 11) is 0. The van der Waals surface area contributed by atoms with Gasteiger partial charge < -0.3 is 9.80 Å². The molecular formula is C18H32N2O2. The molecule has 4 nitrogen and oxygen atoms in total. The summed E-state index contributed by atoms with van der Waals surface area (Å²) in [6.07, 6.45) is 4.39. The van der Waals surface area contributed by atoms with E-state index in [2.05, 4.69) is 13.2 Å². The van der Waals surface area contributed by atoms with E-state index in [9.17, 15) is 9.59 Å². The van der Waals surface area contributed by atoms with Gasteiger partial charge in [0, 0.05) is 24.2 Å². The minimum Gasteiger partial charge on any atom is -0.334 e. The second-order valence-corrected chi connectivity index (χ2v) is 7.44. The Kier molecular flexibility index (Phi) is 7.57. The van der Waals surface area contributed by atoms with E-state index in [0.717, 1.165) is 12.8 Å². The van der Waals surface area contributed by atoms with Crippen LogP contribution in [0.4, 0.5) is 0 Å². The van der Waals surface area contributed by atoms with Crippen molar-refractivity contribution in [1.82, 2.24) is 9.80 Å². The molecule has 0 N–H and O–H groups in total. The number of carbonyl (C=O) groups is 2. The van der Waals surface area contributed by atoms with E-state index in [-0.39, 0.29) is 22.9 Å². The van der Waals surface area contributed by atoms with Crippen LogP contribution in [0.25, 0.3) is 0 Å². The van der Waals surface area contributed by atoms with Crippen molar-refractivity contribution in [3.63, 3.8) is 0 Å². The Morgan fingerprint density at radius 1 is 0.773 bits per heavy atom. The maximum atomic E-state index is 11.9. The molecule has 22 heavy (non-hydrogen) atoms. The predicted molar refractivity (Wildman–Crippen MR) is 92.6 cm³/mol. The van der Waals surface area contributed by atoms with E-state index in [4.69, 9.17) is 0 Å². The van der Waals surface area contributed by atoms with Crippen LogP contribution in [0.2, 0.25) is 0 Å². The number of hydrogen-bond donors (Lipinski definition) is 0. The van der Waals surface area contributed by atoms with Crippen molar-refractivity contribution in [2.45, 2.75) is 65.5 Å². The zero-order chi connectivity index (χ0) is 17.6. The number of rotatable bonds is 7. The second-order valence-electron chi connectivity index (χ2n) is 7.44. The van der Waals surface area contributed by atoms with Gasteiger partial charge in [-0.25, -0.2) is 0 Å². The lowest BCUT2D eigenvalue weighted by Crippen LogP contribution is -2.47. The summed E-state index contributed by atoms with van der Waals surface area (Å²) in [5, 5.41) is 0. The molecule has 0 spiro atoms. The molecule has 0 aliphatic carbocycles. The van der Waals surface area contributed by atoms with Gasteiger partial charge >= 0.3 is 0 Å². The van der Waals surface area contributed by atoms with Crippen molar-refractivity contribution < 1.29 is 9.59 Å². The summed E-state index contributed by atoms with van der Waals surface area (Å²) in [6.45, 7) is 20.5. The summed E-state index contributed by atoms with van der Waals surface area (Å²) >= 11 is 0. The second kappa shape index (κ2) is 8.16. The summed E-state index contributed by atoms with van der Waals surface area (Å²) in [6, 6.07) is 0. The molecule has 0 aromatic heterocycles. The van der Waals surface area contributed by atoms with Gasteiger partial charge in [0.25, 0.3) is 0 Å². The third-order valence-corrected chi connectivity index (χ3v) is 3.51. The smallest absolute Gasteiger partial charge is 0.246 e. The molecule has 0 aromatic carbocycles. The van der Waals surface area contributed by atoms with Crippen molar-refractivity contribution in [1.29, 1.82) is 0 Å². The molecule has 0 atom stereocenters. The number of amides is 2. The van der Waals surface area contributed by atoms with Crippen LogP contribution in [0.15, 0.2) is 25.3 Å². The van der Waals surface area contributed by atoms with Crippen LogP contribution in [-0.2, 0) is 9.59 Å². The Morgan fingerprint density at radius 3 is 1.23 bits per heavy atom. The van der Waals surface area contributed by atoms with Crippen molar-refractivity contribution >= 4 is 11.8 Å². The van der Waals surface area contributed by atoms with Crippen LogP contribution in [-0.4, -0.2) is 45.8 Å². The Bertz CT molecular complexity index is 374. The molecule has 0 radical (unpaired) electrons. The van der Waals surface area contributed by atoms with E-state index >= 15 is 0 Å². The Labute approximate surface area is 135 Å². The maximum absolute atomic E-state index is 11.9. The fourth-order valence-electron chi connectivity index (χ4n) is 2.31. The van der Waals surface area contributed by atoms with Gasteiger partial charge in [0.2, 0.25) is 11.8 Å². The average molecular weight is 308 g/mol. The molecule has 0 aromatic rings. The fraction of sp³-hybridized carbons (Fsp3) is 0.667. The first-order valence-electron chi connectivity index (χ1n) is 7.83. The number of hydrogen-bond acceptors (Lipinski definition) is 2. The summed E-state index contributed by atoms with van der Waals surface area (Å²) in [5.74, 6) is -0.107. The van der Waals surface area contributed by atoms with Crippen LogP contribution in [0.3, 0.4) is 0 Å².